The number of carbonyl (C=O) groups is 7. The molecular formula is C55H101N9O11. The van der Waals surface area contributed by atoms with E-state index in [0.29, 0.717) is 71.3 Å². The van der Waals surface area contributed by atoms with Crippen molar-refractivity contribution in [3.8, 4) is 5.75 Å². The number of hydrogen-bond acceptors (Lipinski definition) is 16. The van der Waals surface area contributed by atoms with E-state index >= 15 is 0 Å². The van der Waals surface area contributed by atoms with Crippen LogP contribution in [0.4, 0.5) is 0 Å². The Labute approximate surface area is 449 Å². The second kappa shape index (κ2) is 42.7. The minimum atomic E-state index is -1.10. The van der Waals surface area contributed by atoms with E-state index in [1.165, 1.54) is 67.4 Å². The molecule has 0 aliphatic carbocycles. The number of aldehydes is 3. The van der Waals surface area contributed by atoms with Gasteiger partial charge >= 0.3 is 0 Å². The number of rotatable bonds is 33. The zero-order valence-corrected chi connectivity index (χ0v) is 47.1. The van der Waals surface area contributed by atoms with Gasteiger partial charge in [-0.25, -0.2) is 0 Å². The molecule has 75 heavy (non-hydrogen) atoms. The number of likely N-dealkylation sites (tertiary alicyclic amines) is 2. The smallest absolute Gasteiger partial charge is 0.248 e. The lowest BCUT2D eigenvalue weighted by atomic mass is 9.97. The molecule has 2 heterocycles. The second-order valence-corrected chi connectivity index (χ2v) is 20.0. The number of aromatic hydroxyl groups is 1. The Kier molecular flexibility index (Phi) is 40.2. The van der Waals surface area contributed by atoms with Crippen molar-refractivity contribution >= 4 is 42.5 Å². The summed E-state index contributed by atoms with van der Waals surface area (Å²) in [6.07, 6.45) is 14.6. The van der Waals surface area contributed by atoms with E-state index in [2.05, 4.69) is 61.2 Å². The fraction of sp³-hybridized carbons (Fsp3) is 0.764. The molecule has 0 bridgehead atoms. The van der Waals surface area contributed by atoms with Crippen LogP contribution in [-0.4, -0.2) is 176 Å². The summed E-state index contributed by atoms with van der Waals surface area (Å²) in [4.78, 5) is 86.5. The molecule has 1 aromatic carbocycles. The van der Waals surface area contributed by atoms with Gasteiger partial charge in [-0.2, -0.15) is 0 Å². The minimum absolute atomic E-state index is 0.118. The van der Waals surface area contributed by atoms with Crippen molar-refractivity contribution in [2.24, 2.45) is 23.3 Å². The summed E-state index contributed by atoms with van der Waals surface area (Å²) >= 11 is 0. The molecule has 20 heteroatoms. The number of aliphatic hydroxyl groups is 2. The van der Waals surface area contributed by atoms with Gasteiger partial charge < -0.3 is 77.0 Å². The normalized spacial score (nSPS) is 18.2. The highest BCUT2D eigenvalue weighted by atomic mass is 16.5. The fourth-order valence-electron chi connectivity index (χ4n) is 8.82. The molecular weight excluding hydrogens is 963 g/mol. The Bertz CT molecular complexity index is 1710. The standard InChI is InChI=1S/C21H32N4O5.C18H35N5O5.C8H16O.C8H18/c1-23-19(18(28)12-14-6-8-16(27)9-7-14)20(29)24-17(5-2-10-22)21(30)25-11-3-4-15(25)13-26;1-12(25)16(18(27)23-9-4-5-13(23)11-24)22-17(26)14(20-2)6-7-15(21-3)28-10-8-19;1-2-3-4-5-6-7-8-9;1-5-8(4)6-7(2)3/h6-9,13,15,17-19,23,27-28H,2-5,10-12,22H2,1H3,(H,24,29);11-16,20-21,25H,4-10,19H2,1-3H3,(H,22,26);8H,2-7H2,1H3;7-8H,5-6H2,1-4H3/t15?,17?,18-,19?;12-,13?,14?,15-,16?;;/m11../s1. The molecule has 3 rings (SSSR count). The molecule has 7 unspecified atom stereocenters. The van der Waals surface area contributed by atoms with Gasteiger partial charge in [0.05, 0.1) is 36.9 Å². The van der Waals surface area contributed by atoms with E-state index in [1.807, 2.05) is 0 Å². The number of benzene rings is 1. The third-order valence-electron chi connectivity index (χ3n) is 13.3. The molecule has 4 amide bonds. The van der Waals surface area contributed by atoms with Crippen LogP contribution in [0.2, 0.25) is 0 Å². The van der Waals surface area contributed by atoms with Crippen LogP contribution in [0.3, 0.4) is 0 Å². The zero-order chi connectivity index (χ0) is 56.7. The maximum absolute atomic E-state index is 13.0. The van der Waals surface area contributed by atoms with Crippen LogP contribution in [0.1, 0.15) is 150 Å². The van der Waals surface area contributed by atoms with Crippen molar-refractivity contribution in [2.75, 3.05) is 53.9 Å². The molecule has 2 aliphatic heterocycles. The average molecular weight is 1060 g/mol. The van der Waals surface area contributed by atoms with E-state index < -0.39 is 66.2 Å². The van der Waals surface area contributed by atoms with Gasteiger partial charge in [-0.1, -0.05) is 78.9 Å². The molecule has 12 N–H and O–H groups in total. The lowest BCUT2D eigenvalue weighted by molar-refractivity contribution is -0.141. The van der Waals surface area contributed by atoms with Gasteiger partial charge in [0.15, 0.2) is 0 Å². The number of aliphatic hydroxyl groups excluding tert-OH is 2. The summed E-state index contributed by atoms with van der Waals surface area (Å²) in [5.74, 6) is 0.299. The van der Waals surface area contributed by atoms with Crippen molar-refractivity contribution < 1.29 is 53.6 Å². The number of hydrogen-bond donors (Lipinski definition) is 10. The number of amides is 4. The maximum Gasteiger partial charge on any atom is 0.248 e. The van der Waals surface area contributed by atoms with Crippen LogP contribution >= 0.6 is 0 Å². The number of likely N-dealkylation sites (N-methyl/N-ethyl adjacent to an activating group) is 2. The van der Waals surface area contributed by atoms with Crippen LogP contribution in [0.5, 0.6) is 5.75 Å². The van der Waals surface area contributed by atoms with Crippen molar-refractivity contribution in [2.45, 2.75) is 205 Å². The van der Waals surface area contributed by atoms with E-state index in [-0.39, 0.29) is 24.3 Å². The quantitative estimate of drug-likeness (QED) is 0.0275. The van der Waals surface area contributed by atoms with E-state index in [1.54, 1.807) is 33.3 Å². The Hall–Kier alpha value is -4.41. The Morgan fingerprint density at radius 1 is 0.720 bits per heavy atom. The number of carbonyl (C=O) groups excluding carboxylic acids is 7. The second-order valence-electron chi connectivity index (χ2n) is 20.0. The predicted octanol–water partition coefficient (Wildman–Crippen LogP) is 2.85. The van der Waals surface area contributed by atoms with Crippen molar-refractivity contribution in [3.05, 3.63) is 29.8 Å². The number of nitrogens with one attached hydrogen (secondary N) is 5. The van der Waals surface area contributed by atoms with Crippen LogP contribution in [-0.2, 0) is 44.7 Å². The fourth-order valence-corrected chi connectivity index (χ4v) is 8.82. The molecule has 0 radical (unpaired) electrons. The molecule has 0 saturated carbocycles. The molecule has 0 aromatic heterocycles. The first kappa shape index (κ1) is 70.6. The summed E-state index contributed by atoms with van der Waals surface area (Å²) in [5, 5.41) is 44.1. The van der Waals surface area contributed by atoms with Crippen molar-refractivity contribution in [3.63, 3.8) is 0 Å². The number of phenolic OH excluding ortho intramolecular Hbond substituents is 1. The van der Waals surface area contributed by atoms with Crippen molar-refractivity contribution in [1.82, 2.24) is 36.4 Å². The first-order valence-electron chi connectivity index (χ1n) is 27.6. The molecule has 10 atom stereocenters. The SMILES string of the molecule is CCC(C)CC(C)C.CCCCCCCC=O.CNC(C(=O)NC(CCCN)C(=O)N1CCCC1C=O)[C@H](O)Cc1ccc(O)cc1.CNC(CC[C@H](NC)OCCN)C(=O)NC(C(=O)N1CCCC1C=O)[C@@H](C)O. The van der Waals surface area contributed by atoms with Crippen LogP contribution < -0.4 is 38.1 Å². The first-order valence-corrected chi connectivity index (χ1v) is 27.6. The highest BCUT2D eigenvalue weighted by Gasteiger charge is 2.38. The monoisotopic (exact) mass is 1060 g/mol. The first-order chi connectivity index (χ1) is 35.9. The number of nitrogens with two attached hydrogens (primary N) is 2. The molecule has 20 nitrogen and oxygen atoms in total. The number of ether oxygens (including phenoxy) is 1. The summed E-state index contributed by atoms with van der Waals surface area (Å²) in [5.41, 5.74) is 11.8. The molecule has 1 aromatic rings. The largest absolute Gasteiger partial charge is 0.508 e. The molecule has 2 aliphatic rings. The van der Waals surface area contributed by atoms with Gasteiger partial charge in [-0.05, 0) is 128 Å². The Morgan fingerprint density at radius 3 is 1.79 bits per heavy atom. The molecule has 2 saturated heterocycles. The predicted molar refractivity (Wildman–Crippen MR) is 294 cm³/mol. The molecule has 432 valence electrons. The lowest BCUT2D eigenvalue weighted by Gasteiger charge is -2.29. The molecule has 2 fully saturated rings. The zero-order valence-electron chi connectivity index (χ0n) is 47.1. The van der Waals surface area contributed by atoms with Crippen LogP contribution in [0.15, 0.2) is 24.3 Å². The van der Waals surface area contributed by atoms with Gasteiger partial charge in [0.25, 0.3) is 0 Å². The maximum atomic E-state index is 13.0. The topological polar surface area (TPSA) is 308 Å². The average Bonchev–Trinajstić information content (AvgIpc) is 4.09. The van der Waals surface area contributed by atoms with Gasteiger partial charge in [0.2, 0.25) is 23.6 Å². The summed E-state index contributed by atoms with van der Waals surface area (Å²) in [6, 6.07) is 1.99. The van der Waals surface area contributed by atoms with Crippen LogP contribution in [0, 0.1) is 11.8 Å². The Balaban J connectivity index is 0.00000112. The number of nitrogens with zero attached hydrogens (tertiary/aromatic N) is 2. The van der Waals surface area contributed by atoms with Crippen LogP contribution in [0.25, 0.3) is 0 Å². The van der Waals surface area contributed by atoms with E-state index in [9.17, 15) is 48.9 Å². The van der Waals surface area contributed by atoms with Gasteiger partial charge in [0.1, 0.15) is 49.0 Å². The van der Waals surface area contributed by atoms with Gasteiger partial charge in [-0.3, -0.25) is 24.5 Å². The number of unbranched alkanes of at least 4 members (excludes halogenated alkanes) is 5. The summed E-state index contributed by atoms with van der Waals surface area (Å²) in [7, 11) is 4.97. The number of phenols is 1. The highest BCUT2D eigenvalue weighted by Crippen LogP contribution is 2.20. The minimum Gasteiger partial charge on any atom is -0.508 e. The molecule has 0 spiro atoms. The van der Waals surface area contributed by atoms with E-state index in [0.717, 1.165) is 61.9 Å². The lowest BCUT2D eigenvalue weighted by Crippen LogP contribution is -2.58. The van der Waals surface area contributed by atoms with Gasteiger partial charge in [0, 0.05) is 32.5 Å². The summed E-state index contributed by atoms with van der Waals surface area (Å²) < 4.78 is 5.53. The third kappa shape index (κ3) is 29.1. The van der Waals surface area contributed by atoms with Crippen molar-refractivity contribution in [1.29, 1.82) is 0 Å². The Morgan fingerprint density at radius 2 is 1.32 bits per heavy atom. The van der Waals surface area contributed by atoms with E-state index in [4.69, 9.17) is 16.2 Å². The highest BCUT2D eigenvalue weighted by molar-refractivity contribution is 5.92. The third-order valence-corrected chi connectivity index (χ3v) is 13.3. The summed E-state index contributed by atoms with van der Waals surface area (Å²) in [6.45, 7) is 14.9. The van der Waals surface area contributed by atoms with Gasteiger partial charge in [-0.15, -0.1) is 0 Å².